The minimum absolute atomic E-state index is 0. The first kappa shape index (κ1) is 23.2. The maximum absolute atomic E-state index is 13.1. The highest BCUT2D eigenvalue weighted by molar-refractivity contribution is 14.0. The second-order valence-corrected chi connectivity index (χ2v) is 7.95. The van der Waals surface area contributed by atoms with Gasteiger partial charge in [0.2, 0.25) is 0 Å². The second kappa shape index (κ2) is 11.8. The Labute approximate surface area is 186 Å². The Kier molecular flexibility index (Phi) is 9.77. The first-order valence-electron chi connectivity index (χ1n) is 10.4. The molecule has 2 N–H and O–H groups in total. The first-order valence-corrected chi connectivity index (χ1v) is 10.4. The molecule has 2 aliphatic rings. The fourth-order valence-corrected chi connectivity index (χ4v) is 4.08. The summed E-state index contributed by atoms with van der Waals surface area (Å²) in [5, 5.41) is 0. The number of rotatable bonds is 6. The SMILES string of the molecule is CC1CCCN(CCCCN=C(N)N2CCN(c3ccc(F)cc3)CC2)C1.I. The third-order valence-corrected chi connectivity index (χ3v) is 5.69. The molecule has 0 aliphatic carbocycles. The van der Waals surface area contributed by atoms with E-state index in [0.29, 0.717) is 5.96 Å². The number of benzene rings is 1. The van der Waals surface area contributed by atoms with Gasteiger partial charge < -0.3 is 20.4 Å². The van der Waals surface area contributed by atoms with E-state index >= 15 is 0 Å². The molecule has 1 unspecified atom stereocenters. The highest BCUT2D eigenvalue weighted by Gasteiger charge is 2.18. The third kappa shape index (κ3) is 7.06. The molecule has 2 heterocycles. The summed E-state index contributed by atoms with van der Waals surface area (Å²) >= 11 is 0. The van der Waals surface area contributed by atoms with Crippen LogP contribution in [0.15, 0.2) is 29.3 Å². The lowest BCUT2D eigenvalue weighted by molar-refractivity contribution is 0.181. The maximum atomic E-state index is 13.1. The summed E-state index contributed by atoms with van der Waals surface area (Å²) in [5.74, 6) is 1.32. The van der Waals surface area contributed by atoms with Gasteiger partial charge in [0.25, 0.3) is 0 Å². The average Bonchev–Trinajstić information content (AvgIpc) is 2.68. The standard InChI is InChI=1S/C21H34FN5.HI/c1-18-5-4-12-25(17-18)11-3-2-10-24-21(23)27-15-13-26(14-16-27)20-8-6-19(22)7-9-20;/h6-9,18H,2-5,10-17H2,1H3,(H2,23,24);1H. The summed E-state index contributed by atoms with van der Waals surface area (Å²) in [6, 6.07) is 6.71. The van der Waals surface area contributed by atoms with Crippen molar-refractivity contribution in [2.45, 2.75) is 32.6 Å². The highest BCUT2D eigenvalue weighted by atomic mass is 127. The van der Waals surface area contributed by atoms with Crippen molar-refractivity contribution in [1.29, 1.82) is 0 Å². The van der Waals surface area contributed by atoms with Gasteiger partial charge in [-0.3, -0.25) is 4.99 Å². The van der Waals surface area contributed by atoms with Crippen molar-refractivity contribution in [3.63, 3.8) is 0 Å². The number of hydrogen-bond donors (Lipinski definition) is 1. The number of piperidine rings is 1. The molecule has 0 saturated carbocycles. The van der Waals surface area contributed by atoms with Crippen molar-refractivity contribution < 1.29 is 4.39 Å². The zero-order valence-corrected chi connectivity index (χ0v) is 19.4. The number of piperazine rings is 1. The van der Waals surface area contributed by atoms with Crippen LogP contribution < -0.4 is 10.6 Å². The number of aliphatic imine (C=N–C) groups is 1. The number of guanidine groups is 1. The minimum atomic E-state index is -0.191. The molecule has 158 valence electrons. The predicted octanol–water partition coefficient (Wildman–Crippen LogP) is 3.39. The molecule has 5 nitrogen and oxygen atoms in total. The molecule has 0 radical (unpaired) electrons. The van der Waals surface area contributed by atoms with Gasteiger partial charge in [-0.25, -0.2) is 4.39 Å². The normalized spacial score (nSPS) is 21.5. The molecule has 7 heteroatoms. The molecule has 2 saturated heterocycles. The molecule has 1 aromatic carbocycles. The van der Waals surface area contributed by atoms with Crippen LogP contribution >= 0.6 is 24.0 Å². The minimum Gasteiger partial charge on any atom is -0.370 e. The number of likely N-dealkylation sites (tertiary alicyclic amines) is 1. The fraction of sp³-hybridized carbons (Fsp3) is 0.667. The molecule has 0 spiro atoms. The van der Waals surface area contributed by atoms with E-state index in [-0.39, 0.29) is 29.8 Å². The summed E-state index contributed by atoms with van der Waals surface area (Å²) in [6.07, 6.45) is 5.02. The predicted molar refractivity (Wildman–Crippen MR) is 126 cm³/mol. The van der Waals surface area contributed by atoms with Crippen molar-refractivity contribution in [3.8, 4) is 0 Å². The molecule has 1 aromatic rings. The summed E-state index contributed by atoms with van der Waals surface area (Å²) in [4.78, 5) is 11.6. The van der Waals surface area contributed by atoms with E-state index in [1.807, 2.05) is 12.1 Å². The second-order valence-electron chi connectivity index (χ2n) is 7.95. The summed E-state index contributed by atoms with van der Waals surface area (Å²) < 4.78 is 13.1. The van der Waals surface area contributed by atoms with E-state index < -0.39 is 0 Å². The molecule has 0 bridgehead atoms. The zero-order chi connectivity index (χ0) is 19.1. The Bertz CT molecular complexity index is 601. The summed E-state index contributed by atoms with van der Waals surface area (Å²) in [5.41, 5.74) is 7.26. The van der Waals surface area contributed by atoms with Gasteiger partial charge in [-0.1, -0.05) is 6.92 Å². The molecule has 0 aromatic heterocycles. The number of halogens is 2. The first-order chi connectivity index (χ1) is 13.1. The smallest absolute Gasteiger partial charge is 0.191 e. The summed E-state index contributed by atoms with van der Waals surface area (Å²) in [7, 11) is 0. The Morgan fingerprint density at radius 3 is 2.50 bits per heavy atom. The van der Waals surface area contributed by atoms with E-state index in [1.165, 1.54) is 51.0 Å². The number of unbranched alkanes of at least 4 members (excludes halogenated alkanes) is 1. The van der Waals surface area contributed by atoms with Gasteiger partial charge in [0.1, 0.15) is 5.82 Å². The quantitative estimate of drug-likeness (QED) is 0.280. The Hall–Kier alpha value is -1.09. The van der Waals surface area contributed by atoms with Gasteiger partial charge in [0, 0.05) is 45.0 Å². The summed E-state index contributed by atoms with van der Waals surface area (Å²) in [6.45, 7) is 10.4. The van der Waals surface area contributed by atoms with Crippen molar-refractivity contribution in [3.05, 3.63) is 30.1 Å². The number of hydrogen-bond acceptors (Lipinski definition) is 3. The number of nitrogens with two attached hydrogens (primary N) is 1. The number of anilines is 1. The van der Waals surface area contributed by atoms with Crippen LogP contribution in [0.3, 0.4) is 0 Å². The van der Waals surface area contributed by atoms with Crippen LogP contribution in [-0.2, 0) is 0 Å². The van der Waals surface area contributed by atoms with Gasteiger partial charge in [-0.15, -0.1) is 24.0 Å². The van der Waals surface area contributed by atoms with Gasteiger partial charge in [0.15, 0.2) is 5.96 Å². The van der Waals surface area contributed by atoms with Crippen LogP contribution in [0.2, 0.25) is 0 Å². The largest absolute Gasteiger partial charge is 0.370 e. The molecule has 28 heavy (non-hydrogen) atoms. The van der Waals surface area contributed by atoms with Crippen molar-refractivity contribution >= 4 is 35.6 Å². The average molecular weight is 503 g/mol. The molecule has 1 atom stereocenters. The van der Waals surface area contributed by atoms with E-state index in [4.69, 9.17) is 5.73 Å². The number of nitrogens with zero attached hydrogens (tertiary/aromatic N) is 4. The monoisotopic (exact) mass is 503 g/mol. The highest BCUT2D eigenvalue weighted by Crippen LogP contribution is 2.17. The molecule has 2 fully saturated rings. The lowest BCUT2D eigenvalue weighted by Crippen LogP contribution is -2.51. The lowest BCUT2D eigenvalue weighted by Gasteiger charge is -2.36. The Balaban J connectivity index is 0.00000280. The van der Waals surface area contributed by atoms with Gasteiger partial charge in [0.05, 0.1) is 0 Å². The van der Waals surface area contributed by atoms with E-state index in [9.17, 15) is 4.39 Å². The fourth-order valence-electron chi connectivity index (χ4n) is 4.08. The zero-order valence-electron chi connectivity index (χ0n) is 17.0. The van der Waals surface area contributed by atoms with Crippen molar-refractivity contribution in [2.24, 2.45) is 16.6 Å². The topological polar surface area (TPSA) is 48.1 Å². The van der Waals surface area contributed by atoms with Crippen LogP contribution in [0.1, 0.15) is 32.6 Å². The Morgan fingerprint density at radius 1 is 1.11 bits per heavy atom. The van der Waals surface area contributed by atoms with Crippen LogP contribution in [0.5, 0.6) is 0 Å². The van der Waals surface area contributed by atoms with Gasteiger partial charge >= 0.3 is 0 Å². The third-order valence-electron chi connectivity index (χ3n) is 5.69. The van der Waals surface area contributed by atoms with Crippen molar-refractivity contribution in [1.82, 2.24) is 9.80 Å². The molecular formula is C21H35FIN5. The van der Waals surface area contributed by atoms with Crippen LogP contribution in [-0.4, -0.2) is 68.1 Å². The molecule has 3 rings (SSSR count). The van der Waals surface area contributed by atoms with E-state index in [1.54, 1.807) is 0 Å². The van der Waals surface area contributed by atoms with E-state index in [2.05, 4.69) is 26.6 Å². The van der Waals surface area contributed by atoms with Crippen LogP contribution in [0, 0.1) is 11.7 Å². The lowest BCUT2D eigenvalue weighted by atomic mass is 10.0. The van der Waals surface area contributed by atoms with E-state index in [0.717, 1.165) is 50.7 Å². The van der Waals surface area contributed by atoms with Gasteiger partial charge in [-0.05, 0) is 69.0 Å². The maximum Gasteiger partial charge on any atom is 0.191 e. The molecular weight excluding hydrogens is 468 g/mol. The van der Waals surface area contributed by atoms with Gasteiger partial charge in [-0.2, -0.15) is 0 Å². The molecule has 0 amide bonds. The van der Waals surface area contributed by atoms with Crippen LogP contribution in [0.25, 0.3) is 0 Å². The molecule has 2 aliphatic heterocycles. The van der Waals surface area contributed by atoms with Crippen molar-refractivity contribution in [2.75, 3.05) is 57.3 Å². The van der Waals surface area contributed by atoms with Crippen LogP contribution in [0.4, 0.5) is 10.1 Å². The Morgan fingerprint density at radius 2 is 1.82 bits per heavy atom.